The maximum Gasteiger partial charge on any atom is 0.213 e. The monoisotopic (exact) mass is 542 g/mol. The summed E-state index contributed by atoms with van der Waals surface area (Å²) in [7, 11) is 3.34. The number of nitrogens with zero attached hydrogens (tertiary/aromatic N) is 2. The summed E-state index contributed by atoms with van der Waals surface area (Å²) in [5.74, 6) is 2.50. The van der Waals surface area contributed by atoms with Crippen molar-refractivity contribution in [2.45, 2.75) is 18.7 Å². The van der Waals surface area contributed by atoms with Gasteiger partial charge in [0, 0.05) is 22.0 Å². The Kier molecular flexibility index (Phi) is 5.40. The molecule has 3 aromatic rings. The molecular weight excluding hydrogens is 524 g/mol. The van der Waals surface area contributed by atoms with Crippen molar-refractivity contribution < 1.29 is 14.2 Å². The SMILES string of the molecule is COc1ccc(C2=NN3C(C2)c2cc(Br)cc(Br)c2OC3c2ccc(OC)cc2)cc1. The van der Waals surface area contributed by atoms with Gasteiger partial charge < -0.3 is 14.2 Å². The van der Waals surface area contributed by atoms with E-state index in [9.17, 15) is 0 Å². The number of halogens is 2. The van der Waals surface area contributed by atoms with Crippen LogP contribution in [0.1, 0.15) is 35.4 Å². The van der Waals surface area contributed by atoms with Crippen molar-refractivity contribution in [3.8, 4) is 17.2 Å². The summed E-state index contributed by atoms with van der Waals surface area (Å²) in [6.07, 6.45) is 0.453. The van der Waals surface area contributed by atoms with Crippen LogP contribution in [0.15, 0.2) is 74.7 Å². The Hall–Kier alpha value is -2.51. The molecule has 0 aliphatic carbocycles. The Balaban J connectivity index is 1.58. The number of ether oxygens (including phenoxy) is 3. The second-order valence-corrected chi connectivity index (χ2v) is 9.19. The fraction of sp³-hybridized carbons (Fsp3) is 0.208. The summed E-state index contributed by atoms with van der Waals surface area (Å²) in [6.45, 7) is 0. The van der Waals surface area contributed by atoms with E-state index in [2.05, 4.69) is 55.1 Å². The van der Waals surface area contributed by atoms with Gasteiger partial charge in [0.25, 0.3) is 0 Å². The third-order valence-corrected chi connectivity index (χ3v) is 6.68. The zero-order valence-corrected chi connectivity index (χ0v) is 20.2. The van der Waals surface area contributed by atoms with Crippen LogP contribution in [0.5, 0.6) is 17.2 Å². The van der Waals surface area contributed by atoms with Crippen molar-refractivity contribution in [1.29, 1.82) is 0 Å². The fourth-order valence-corrected chi connectivity index (χ4v) is 5.41. The smallest absolute Gasteiger partial charge is 0.213 e. The van der Waals surface area contributed by atoms with E-state index in [1.165, 1.54) is 0 Å². The molecule has 158 valence electrons. The lowest BCUT2D eigenvalue weighted by Gasteiger charge is -2.38. The van der Waals surface area contributed by atoms with Crippen molar-refractivity contribution >= 4 is 37.6 Å². The van der Waals surface area contributed by atoms with Gasteiger partial charge in [0.05, 0.1) is 30.4 Å². The molecular formula is C24H20Br2N2O3. The molecule has 0 aromatic heterocycles. The first-order chi connectivity index (χ1) is 15.1. The Morgan fingerprint density at radius 1 is 0.935 bits per heavy atom. The Bertz CT molecular complexity index is 1150. The van der Waals surface area contributed by atoms with Gasteiger partial charge in [0.1, 0.15) is 17.2 Å². The molecule has 0 saturated heterocycles. The van der Waals surface area contributed by atoms with Gasteiger partial charge in [-0.1, -0.05) is 15.9 Å². The highest BCUT2D eigenvalue weighted by Crippen LogP contribution is 2.50. The lowest BCUT2D eigenvalue weighted by Crippen LogP contribution is -2.33. The molecule has 0 N–H and O–H groups in total. The molecule has 0 saturated carbocycles. The zero-order chi connectivity index (χ0) is 21.5. The third-order valence-electron chi connectivity index (χ3n) is 5.63. The van der Waals surface area contributed by atoms with E-state index in [4.69, 9.17) is 19.3 Å². The van der Waals surface area contributed by atoms with Crippen molar-refractivity contribution in [1.82, 2.24) is 5.01 Å². The zero-order valence-electron chi connectivity index (χ0n) is 17.0. The van der Waals surface area contributed by atoms with E-state index in [0.717, 1.165) is 55.0 Å². The Morgan fingerprint density at radius 3 is 2.23 bits per heavy atom. The average molecular weight is 544 g/mol. The van der Waals surface area contributed by atoms with E-state index >= 15 is 0 Å². The molecule has 2 atom stereocenters. The molecule has 0 bridgehead atoms. The minimum Gasteiger partial charge on any atom is -0.497 e. The van der Waals surface area contributed by atoms with E-state index in [0.29, 0.717) is 0 Å². The van der Waals surface area contributed by atoms with Gasteiger partial charge in [-0.25, -0.2) is 5.01 Å². The van der Waals surface area contributed by atoms with Crippen molar-refractivity contribution in [3.63, 3.8) is 0 Å². The lowest BCUT2D eigenvalue weighted by atomic mass is 9.96. The van der Waals surface area contributed by atoms with Gasteiger partial charge in [-0.15, -0.1) is 0 Å². The normalized spacial score (nSPS) is 19.2. The first kappa shape index (κ1) is 20.4. The van der Waals surface area contributed by atoms with Crippen molar-refractivity contribution in [2.75, 3.05) is 14.2 Å². The van der Waals surface area contributed by atoms with Gasteiger partial charge in [-0.3, -0.25) is 0 Å². The molecule has 5 nitrogen and oxygen atoms in total. The standard InChI is InChI=1S/C24H20Br2N2O3/c1-29-17-7-3-14(4-8-17)21-13-22-19-11-16(25)12-20(26)23(19)31-24(28(22)27-21)15-5-9-18(30-2)10-6-15/h3-12,22,24H,13H2,1-2H3. The van der Waals surface area contributed by atoms with Gasteiger partial charge in [-0.05, 0) is 82.2 Å². The van der Waals surface area contributed by atoms with E-state index in [-0.39, 0.29) is 12.3 Å². The minimum absolute atomic E-state index is 0.0711. The van der Waals surface area contributed by atoms with Gasteiger partial charge in [0.2, 0.25) is 6.23 Å². The molecule has 0 radical (unpaired) electrons. The molecule has 7 heteroatoms. The second-order valence-electron chi connectivity index (χ2n) is 7.42. The fourth-order valence-electron chi connectivity index (χ4n) is 4.06. The third kappa shape index (κ3) is 3.70. The minimum atomic E-state index is -0.336. The first-order valence-corrected chi connectivity index (χ1v) is 11.5. The second kappa shape index (κ2) is 8.20. The average Bonchev–Trinajstić information content (AvgIpc) is 3.25. The topological polar surface area (TPSA) is 43.3 Å². The van der Waals surface area contributed by atoms with Crippen LogP contribution in [-0.4, -0.2) is 24.9 Å². The summed E-state index contributed by atoms with van der Waals surface area (Å²) >= 11 is 7.30. The molecule has 0 fully saturated rings. The van der Waals surface area contributed by atoms with E-state index < -0.39 is 0 Å². The van der Waals surface area contributed by atoms with Crippen LogP contribution in [-0.2, 0) is 0 Å². The number of hydrazone groups is 1. The van der Waals surface area contributed by atoms with Crippen LogP contribution in [0.25, 0.3) is 0 Å². The largest absolute Gasteiger partial charge is 0.497 e. The molecule has 2 aliphatic rings. The molecule has 0 spiro atoms. The van der Waals surface area contributed by atoms with Gasteiger partial charge in [0.15, 0.2) is 0 Å². The van der Waals surface area contributed by atoms with Gasteiger partial charge >= 0.3 is 0 Å². The Labute approximate surface area is 197 Å². The number of fused-ring (bicyclic) bond motifs is 3. The summed E-state index contributed by atoms with van der Waals surface area (Å²) in [4.78, 5) is 0. The first-order valence-electron chi connectivity index (χ1n) is 9.87. The molecule has 2 aliphatic heterocycles. The van der Waals surface area contributed by atoms with Gasteiger partial charge in [-0.2, -0.15) is 5.10 Å². The summed E-state index contributed by atoms with van der Waals surface area (Å²) < 4.78 is 19.1. The van der Waals surface area contributed by atoms with Crippen LogP contribution < -0.4 is 14.2 Å². The maximum atomic E-state index is 6.50. The van der Waals surface area contributed by atoms with Crippen molar-refractivity contribution in [2.24, 2.45) is 5.10 Å². The Morgan fingerprint density at radius 2 is 1.58 bits per heavy atom. The quantitative estimate of drug-likeness (QED) is 0.378. The van der Waals surface area contributed by atoms with Crippen molar-refractivity contribution in [3.05, 3.63) is 86.3 Å². The maximum absolute atomic E-state index is 6.50. The molecule has 2 unspecified atom stereocenters. The van der Waals surface area contributed by atoms with Crippen LogP contribution in [0.4, 0.5) is 0 Å². The highest BCUT2D eigenvalue weighted by atomic mass is 79.9. The molecule has 5 rings (SSSR count). The van der Waals surface area contributed by atoms with Crippen LogP contribution >= 0.6 is 31.9 Å². The summed E-state index contributed by atoms with van der Waals surface area (Å²) in [5, 5.41) is 7.09. The number of hydrogen-bond donors (Lipinski definition) is 0. The highest BCUT2D eigenvalue weighted by Gasteiger charge is 2.42. The molecule has 3 aromatic carbocycles. The molecule has 2 heterocycles. The summed E-state index contributed by atoms with van der Waals surface area (Å²) in [6, 6.07) is 20.2. The lowest BCUT2D eigenvalue weighted by molar-refractivity contribution is -0.0197. The number of rotatable bonds is 4. The highest BCUT2D eigenvalue weighted by molar-refractivity contribution is 9.11. The van der Waals surface area contributed by atoms with Crippen LogP contribution in [0.3, 0.4) is 0 Å². The van der Waals surface area contributed by atoms with Crippen LogP contribution in [0, 0.1) is 0 Å². The predicted molar refractivity (Wildman–Crippen MR) is 127 cm³/mol. The molecule has 31 heavy (non-hydrogen) atoms. The van der Waals surface area contributed by atoms with E-state index in [1.807, 2.05) is 42.5 Å². The summed E-state index contributed by atoms with van der Waals surface area (Å²) in [5.41, 5.74) is 4.24. The molecule has 0 amide bonds. The van der Waals surface area contributed by atoms with Crippen LogP contribution in [0.2, 0.25) is 0 Å². The number of methoxy groups -OCH3 is 2. The predicted octanol–water partition coefficient (Wildman–Crippen LogP) is 6.47. The van der Waals surface area contributed by atoms with E-state index in [1.54, 1.807) is 14.2 Å². The number of hydrogen-bond acceptors (Lipinski definition) is 5. The number of benzene rings is 3.